The zero-order valence-corrected chi connectivity index (χ0v) is 27.0. The fourth-order valence-electron chi connectivity index (χ4n) is 5.29. The number of hydrogen-bond donors (Lipinski definition) is 1. The number of unbranched alkanes of at least 4 members (excludes halogenated alkanes) is 1. The van der Waals surface area contributed by atoms with Gasteiger partial charge in [-0.2, -0.15) is 0 Å². The molecule has 0 saturated heterocycles. The minimum atomic E-state index is -1.00. The van der Waals surface area contributed by atoms with Crippen LogP contribution in [0.2, 0.25) is 0 Å². The van der Waals surface area contributed by atoms with Crippen LogP contribution in [0, 0.1) is 11.8 Å². The maximum atomic E-state index is 14.7. The van der Waals surface area contributed by atoms with Crippen molar-refractivity contribution in [2.75, 3.05) is 25.1 Å². The van der Waals surface area contributed by atoms with Crippen LogP contribution in [0.4, 0.5) is 10.5 Å². The van der Waals surface area contributed by atoms with E-state index in [2.05, 4.69) is 17.2 Å². The van der Waals surface area contributed by atoms with Crippen LogP contribution in [0.15, 0.2) is 78.9 Å². The molecule has 1 aliphatic rings. The number of carbonyl (C=O) groups is 4. The van der Waals surface area contributed by atoms with E-state index < -0.39 is 35.7 Å². The highest BCUT2D eigenvalue weighted by Gasteiger charge is 2.43. The molecule has 2 atom stereocenters. The first-order chi connectivity index (χ1) is 22.0. The smallest absolute Gasteiger partial charge is 0.407 e. The van der Waals surface area contributed by atoms with Gasteiger partial charge in [-0.1, -0.05) is 72.5 Å². The molecule has 0 aromatic heterocycles. The number of nitrogens with one attached hydrogen (secondary N) is 1. The van der Waals surface area contributed by atoms with E-state index in [1.54, 1.807) is 52.9 Å². The van der Waals surface area contributed by atoms with E-state index in [4.69, 9.17) is 9.47 Å². The van der Waals surface area contributed by atoms with Gasteiger partial charge in [-0.15, -0.1) is 0 Å². The largest absolute Gasteiger partial charge is 0.466 e. The molecule has 4 rings (SSSR count). The Morgan fingerprint density at radius 3 is 2.30 bits per heavy atom. The van der Waals surface area contributed by atoms with E-state index in [0.717, 1.165) is 0 Å². The summed E-state index contributed by atoms with van der Waals surface area (Å²) in [6.07, 6.45) is 0.526. The van der Waals surface area contributed by atoms with Crippen molar-refractivity contribution >= 4 is 29.6 Å². The second kappa shape index (κ2) is 15.3. The number of amides is 3. The van der Waals surface area contributed by atoms with Crippen molar-refractivity contribution in [3.05, 3.63) is 101 Å². The van der Waals surface area contributed by atoms with Crippen molar-refractivity contribution in [3.8, 4) is 11.8 Å². The quantitative estimate of drug-likeness (QED) is 0.173. The Kier molecular flexibility index (Phi) is 11.2. The summed E-state index contributed by atoms with van der Waals surface area (Å²) in [5, 5.41) is 2.72. The molecule has 0 saturated carbocycles. The van der Waals surface area contributed by atoms with Crippen LogP contribution >= 0.6 is 0 Å². The van der Waals surface area contributed by atoms with Crippen LogP contribution < -0.4 is 10.2 Å². The number of rotatable bonds is 9. The summed E-state index contributed by atoms with van der Waals surface area (Å²) in [6, 6.07) is 21.8. The lowest BCUT2D eigenvalue weighted by atomic mass is 9.95. The molecule has 1 aliphatic heterocycles. The predicted octanol–water partition coefficient (Wildman–Crippen LogP) is 6.20. The zero-order chi connectivity index (χ0) is 33.3. The van der Waals surface area contributed by atoms with Crippen molar-refractivity contribution in [2.45, 2.75) is 64.6 Å². The molecule has 9 nitrogen and oxygen atoms in total. The van der Waals surface area contributed by atoms with Crippen LogP contribution in [0.5, 0.6) is 0 Å². The van der Waals surface area contributed by atoms with E-state index in [1.807, 2.05) is 60.7 Å². The highest BCUT2D eigenvalue weighted by Crippen LogP contribution is 2.40. The van der Waals surface area contributed by atoms with Gasteiger partial charge in [-0.05, 0) is 63.4 Å². The molecule has 9 heteroatoms. The molecule has 1 heterocycles. The standard InChI is InChI=1S/C37H41N3O6/c1-6-45-32(41)25-31(27-17-11-7-12-18-27)40-33(28-19-13-8-14-20-28)35(43)39(5)30-22-21-26(24-29(30)34(40)42)16-10-9-15-23-38-36(44)46-37(2,3)4/h7-8,11-14,17-22,24,31,33H,6,9,15,23,25H2,1-5H3,(H,38,44). The highest BCUT2D eigenvalue weighted by atomic mass is 16.6. The number of likely N-dealkylation sites (N-methyl/N-ethyl adjacent to an activating group) is 1. The molecule has 0 radical (unpaired) electrons. The Morgan fingerprint density at radius 2 is 1.65 bits per heavy atom. The third kappa shape index (κ3) is 8.54. The molecular weight excluding hydrogens is 582 g/mol. The lowest BCUT2D eigenvalue weighted by Crippen LogP contribution is -2.44. The number of ether oxygens (including phenoxy) is 2. The first-order valence-corrected chi connectivity index (χ1v) is 15.5. The van der Waals surface area contributed by atoms with E-state index in [9.17, 15) is 19.2 Å². The second-order valence-electron chi connectivity index (χ2n) is 11.9. The molecule has 3 amide bonds. The van der Waals surface area contributed by atoms with Crippen LogP contribution in [0.3, 0.4) is 0 Å². The Bertz CT molecular complexity index is 1600. The summed E-state index contributed by atoms with van der Waals surface area (Å²) >= 11 is 0. The summed E-state index contributed by atoms with van der Waals surface area (Å²) in [5.74, 6) is 5.05. The average molecular weight is 624 g/mol. The zero-order valence-electron chi connectivity index (χ0n) is 27.0. The topological polar surface area (TPSA) is 105 Å². The highest BCUT2D eigenvalue weighted by molar-refractivity contribution is 6.11. The minimum absolute atomic E-state index is 0.129. The SMILES string of the molecule is CCOC(=O)CC(c1ccccc1)N1C(=O)c2cc(C#CCCCNC(=O)OC(C)(C)C)ccc2N(C)C(=O)C1c1ccccc1. The van der Waals surface area contributed by atoms with Gasteiger partial charge in [0, 0.05) is 25.6 Å². The lowest BCUT2D eigenvalue weighted by molar-refractivity contribution is -0.145. The van der Waals surface area contributed by atoms with E-state index in [0.29, 0.717) is 47.3 Å². The number of carbonyl (C=O) groups excluding carboxylic acids is 4. The Hall–Kier alpha value is -5.10. The molecular formula is C37H41N3O6. The Morgan fingerprint density at radius 1 is 0.978 bits per heavy atom. The molecule has 0 aliphatic carbocycles. The summed E-state index contributed by atoms with van der Waals surface area (Å²) in [7, 11) is 1.65. The Labute approximate surface area is 270 Å². The molecule has 3 aromatic rings. The van der Waals surface area contributed by atoms with E-state index >= 15 is 0 Å². The fraction of sp³-hybridized carbons (Fsp3) is 0.351. The van der Waals surface area contributed by atoms with Gasteiger partial charge >= 0.3 is 12.1 Å². The Balaban J connectivity index is 1.69. The van der Waals surface area contributed by atoms with Gasteiger partial charge in [0.25, 0.3) is 11.8 Å². The summed E-state index contributed by atoms with van der Waals surface area (Å²) in [6.45, 7) is 7.76. The number of alkyl carbamates (subject to hydrolysis) is 1. The van der Waals surface area contributed by atoms with E-state index in [-0.39, 0.29) is 18.9 Å². The number of hydrogen-bond acceptors (Lipinski definition) is 6. The van der Waals surface area contributed by atoms with Gasteiger partial charge in [0.2, 0.25) is 0 Å². The molecule has 1 N–H and O–H groups in total. The molecule has 240 valence electrons. The van der Waals surface area contributed by atoms with Gasteiger partial charge in [-0.3, -0.25) is 14.4 Å². The number of anilines is 1. The first-order valence-electron chi connectivity index (χ1n) is 15.5. The van der Waals surface area contributed by atoms with Gasteiger partial charge in [0.15, 0.2) is 0 Å². The van der Waals surface area contributed by atoms with E-state index in [1.165, 1.54) is 9.80 Å². The summed E-state index contributed by atoms with van der Waals surface area (Å²) in [4.78, 5) is 56.8. The van der Waals surface area contributed by atoms with Crippen molar-refractivity contribution < 1.29 is 28.7 Å². The maximum Gasteiger partial charge on any atom is 0.407 e. The molecule has 2 unspecified atom stereocenters. The lowest BCUT2D eigenvalue weighted by Gasteiger charge is -2.37. The van der Waals surface area contributed by atoms with Gasteiger partial charge in [0.05, 0.1) is 30.3 Å². The second-order valence-corrected chi connectivity index (χ2v) is 11.9. The van der Waals surface area contributed by atoms with Gasteiger partial charge in [0.1, 0.15) is 11.6 Å². The van der Waals surface area contributed by atoms with Crippen molar-refractivity contribution in [1.29, 1.82) is 0 Å². The maximum absolute atomic E-state index is 14.7. The minimum Gasteiger partial charge on any atom is -0.466 e. The predicted molar refractivity (Wildman–Crippen MR) is 176 cm³/mol. The van der Waals surface area contributed by atoms with Crippen LogP contribution in [-0.4, -0.2) is 54.6 Å². The number of esters is 1. The number of fused-ring (bicyclic) bond motifs is 1. The average Bonchev–Trinajstić information content (AvgIpc) is 3.10. The molecule has 3 aromatic carbocycles. The third-order valence-electron chi connectivity index (χ3n) is 7.35. The van der Waals surface area contributed by atoms with Crippen molar-refractivity contribution in [2.24, 2.45) is 0 Å². The fourth-order valence-corrected chi connectivity index (χ4v) is 5.29. The molecule has 46 heavy (non-hydrogen) atoms. The summed E-state index contributed by atoms with van der Waals surface area (Å²) < 4.78 is 10.6. The van der Waals surface area contributed by atoms with Gasteiger partial charge < -0.3 is 24.6 Å². The monoisotopic (exact) mass is 623 g/mol. The van der Waals surface area contributed by atoms with Gasteiger partial charge in [-0.25, -0.2) is 4.79 Å². The first kappa shape index (κ1) is 33.8. The van der Waals surface area contributed by atoms with Crippen LogP contribution in [-0.2, 0) is 19.1 Å². The third-order valence-corrected chi connectivity index (χ3v) is 7.35. The molecule has 0 spiro atoms. The normalized spacial score (nSPS) is 15.2. The van der Waals surface area contributed by atoms with Crippen molar-refractivity contribution in [1.82, 2.24) is 10.2 Å². The molecule has 0 bridgehead atoms. The number of nitrogens with zero attached hydrogens (tertiary/aromatic N) is 2. The van der Waals surface area contributed by atoms with Crippen LogP contribution in [0.25, 0.3) is 0 Å². The van der Waals surface area contributed by atoms with Crippen molar-refractivity contribution in [3.63, 3.8) is 0 Å². The van der Waals surface area contributed by atoms with Crippen LogP contribution in [0.1, 0.15) is 86.1 Å². The molecule has 0 fully saturated rings. The number of benzene rings is 3. The summed E-state index contributed by atoms with van der Waals surface area (Å²) in [5.41, 5.74) is 2.13.